The molecule has 0 bridgehead atoms. The van der Waals surface area contributed by atoms with E-state index >= 15 is 0 Å². The van der Waals surface area contributed by atoms with Crippen LogP contribution in [0.2, 0.25) is 0 Å². The van der Waals surface area contributed by atoms with Gasteiger partial charge in [0.1, 0.15) is 5.82 Å². The number of aromatic nitrogens is 2. The van der Waals surface area contributed by atoms with E-state index in [9.17, 15) is 4.79 Å². The summed E-state index contributed by atoms with van der Waals surface area (Å²) in [5, 5.41) is 3.82. The Balaban J connectivity index is 2.10. The van der Waals surface area contributed by atoms with Crippen molar-refractivity contribution in [2.45, 2.75) is 47.0 Å². The van der Waals surface area contributed by atoms with Crippen LogP contribution in [0, 0.1) is 13.8 Å². The number of anilines is 2. The van der Waals surface area contributed by atoms with E-state index in [0.717, 1.165) is 27.8 Å². The number of amides is 1. The molecule has 24 heavy (non-hydrogen) atoms. The van der Waals surface area contributed by atoms with Gasteiger partial charge in [-0.2, -0.15) is 4.37 Å². The Labute approximate surface area is 148 Å². The largest absolute Gasteiger partial charge is 0.338 e. The van der Waals surface area contributed by atoms with Crippen molar-refractivity contribution < 1.29 is 4.79 Å². The number of rotatable bonds is 5. The average molecular weight is 347 g/mol. The lowest BCUT2D eigenvalue weighted by Crippen LogP contribution is -2.33. The van der Waals surface area contributed by atoms with Gasteiger partial charge in [0.25, 0.3) is 0 Å². The van der Waals surface area contributed by atoms with Crippen LogP contribution in [-0.2, 0) is 10.2 Å². The van der Waals surface area contributed by atoms with E-state index in [1.165, 1.54) is 11.5 Å². The number of likely N-dealkylation sites (N-methyl/N-ethyl adjacent to an activating group) is 1. The van der Waals surface area contributed by atoms with Crippen LogP contribution in [0.15, 0.2) is 18.2 Å². The van der Waals surface area contributed by atoms with Crippen molar-refractivity contribution in [3.63, 3.8) is 0 Å². The number of nitrogens with zero attached hydrogens (tertiary/aromatic N) is 3. The summed E-state index contributed by atoms with van der Waals surface area (Å²) in [6.07, 6.45) is 0. The summed E-state index contributed by atoms with van der Waals surface area (Å²) < 4.78 is 4.43. The second-order valence-corrected chi connectivity index (χ2v) is 7.71. The molecule has 1 aromatic carbocycles. The molecular formula is C18H26N4OS. The number of aryl methyl sites for hydroxylation is 2. The summed E-state index contributed by atoms with van der Waals surface area (Å²) in [6, 6.07) is 6.00. The summed E-state index contributed by atoms with van der Waals surface area (Å²) in [7, 11) is 0. The van der Waals surface area contributed by atoms with E-state index in [0.29, 0.717) is 6.54 Å². The molecule has 0 atom stereocenters. The number of carbonyl (C=O) groups is 1. The van der Waals surface area contributed by atoms with Gasteiger partial charge in [0.05, 0.1) is 6.54 Å². The van der Waals surface area contributed by atoms with Crippen molar-refractivity contribution in [2.24, 2.45) is 0 Å². The Kier molecular flexibility index (Phi) is 5.59. The first kappa shape index (κ1) is 18.4. The van der Waals surface area contributed by atoms with Gasteiger partial charge in [0, 0.05) is 29.2 Å². The van der Waals surface area contributed by atoms with Gasteiger partial charge in [-0.05, 0) is 31.9 Å². The van der Waals surface area contributed by atoms with Crippen molar-refractivity contribution >= 4 is 28.3 Å². The Morgan fingerprint density at radius 2 is 1.88 bits per heavy atom. The van der Waals surface area contributed by atoms with Crippen LogP contribution in [0.1, 0.15) is 44.6 Å². The summed E-state index contributed by atoms with van der Waals surface area (Å²) in [5.41, 5.74) is 2.94. The first-order valence-corrected chi connectivity index (χ1v) is 8.95. The lowest BCUT2D eigenvalue weighted by molar-refractivity contribution is -0.115. The predicted molar refractivity (Wildman–Crippen MR) is 101 cm³/mol. The number of hydrogen-bond acceptors (Lipinski definition) is 5. The normalized spacial score (nSPS) is 11.4. The zero-order chi connectivity index (χ0) is 17.9. The molecular weight excluding hydrogens is 320 g/mol. The van der Waals surface area contributed by atoms with Crippen molar-refractivity contribution in [2.75, 3.05) is 23.3 Å². The zero-order valence-corrected chi connectivity index (χ0v) is 16.1. The fraction of sp³-hybridized carbons (Fsp3) is 0.500. The monoisotopic (exact) mass is 346 g/mol. The van der Waals surface area contributed by atoms with E-state index in [-0.39, 0.29) is 17.9 Å². The lowest BCUT2D eigenvalue weighted by atomic mass is 9.96. The molecule has 1 N–H and O–H groups in total. The molecule has 2 rings (SSSR count). The van der Waals surface area contributed by atoms with Crippen molar-refractivity contribution in [3.05, 3.63) is 35.2 Å². The molecule has 0 radical (unpaired) electrons. The third kappa shape index (κ3) is 4.32. The molecule has 6 heteroatoms. The van der Waals surface area contributed by atoms with Crippen LogP contribution in [0.25, 0.3) is 0 Å². The smallest absolute Gasteiger partial charge is 0.243 e. The highest BCUT2D eigenvalue weighted by atomic mass is 32.1. The Morgan fingerprint density at radius 1 is 1.25 bits per heavy atom. The van der Waals surface area contributed by atoms with Gasteiger partial charge in [-0.15, -0.1) is 0 Å². The quantitative estimate of drug-likeness (QED) is 0.891. The topological polar surface area (TPSA) is 58.1 Å². The second kappa shape index (κ2) is 7.30. The Bertz CT molecular complexity index is 698. The summed E-state index contributed by atoms with van der Waals surface area (Å²) in [6.45, 7) is 13.3. The highest BCUT2D eigenvalue weighted by Gasteiger charge is 2.22. The van der Waals surface area contributed by atoms with Crippen LogP contribution >= 0.6 is 11.5 Å². The minimum atomic E-state index is -0.0886. The molecule has 0 aliphatic carbocycles. The lowest BCUT2D eigenvalue weighted by Gasteiger charge is -2.20. The fourth-order valence-electron chi connectivity index (χ4n) is 2.33. The summed E-state index contributed by atoms with van der Waals surface area (Å²) in [5.74, 6) is 0.776. The van der Waals surface area contributed by atoms with E-state index in [2.05, 4.69) is 35.4 Å². The molecule has 2 aromatic rings. The van der Waals surface area contributed by atoms with Crippen molar-refractivity contribution in [1.29, 1.82) is 0 Å². The van der Waals surface area contributed by atoms with Gasteiger partial charge in [-0.25, -0.2) is 4.98 Å². The Hall–Kier alpha value is -1.95. The van der Waals surface area contributed by atoms with Crippen LogP contribution in [-0.4, -0.2) is 28.4 Å². The number of carbonyl (C=O) groups excluding carboxylic acids is 1. The van der Waals surface area contributed by atoms with E-state index in [1.807, 2.05) is 43.9 Å². The van der Waals surface area contributed by atoms with Crippen LogP contribution in [0.3, 0.4) is 0 Å². The molecule has 1 aromatic heterocycles. The second-order valence-electron chi connectivity index (χ2n) is 6.98. The number of nitrogens with one attached hydrogen (secondary N) is 1. The molecule has 5 nitrogen and oxygen atoms in total. The zero-order valence-electron chi connectivity index (χ0n) is 15.3. The summed E-state index contributed by atoms with van der Waals surface area (Å²) >= 11 is 1.35. The van der Waals surface area contributed by atoms with Crippen molar-refractivity contribution in [1.82, 2.24) is 9.36 Å². The molecule has 0 saturated carbocycles. The maximum atomic E-state index is 12.5. The molecule has 1 amide bonds. The molecule has 0 spiro atoms. The van der Waals surface area contributed by atoms with Gasteiger partial charge in [0.15, 0.2) is 0 Å². The van der Waals surface area contributed by atoms with Gasteiger partial charge in [-0.1, -0.05) is 39.0 Å². The van der Waals surface area contributed by atoms with Gasteiger partial charge < -0.3 is 10.2 Å². The minimum Gasteiger partial charge on any atom is -0.338 e. The molecule has 0 saturated heterocycles. The predicted octanol–water partition coefficient (Wildman–Crippen LogP) is 3.92. The average Bonchev–Trinajstić information content (AvgIpc) is 2.98. The summed E-state index contributed by atoms with van der Waals surface area (Å²) in [4.78, 5) is 19.0. The number of para-hydroxylation sites is 1. The molecule has 130 valence electrons. The molecule has 0 unspecified atom stereocenters. The standard InChI is InChI=1S/C18H26N4OS/c1-7-22(17-20-16(21-24-17)18(4,5)6)11-14(23)19-15-12(2)9-8-10-13(15)3/h8-10H,7,11H2,1-6H3,(H,19,23). The minimum absolute atomic E-state index is 0.0400. The molecule has 0 fully saturated rings. The van der Waals surface area contributed by atoms with E-state index in [1.54, 1.807) is 0 Å². The first-order chi connectivity index (χ1) is 11.2. The van der Waals surface area contributed by atoms with Crippen LogP contribution in [0.5, 0.6) is 0 Å². The highest BCUT2D eigenvalue weighted by molar-refractivity contribution is 7.09. The molecule has 1 heterocycles. The van der Waals surface area contributed by atoms with Crippen molar-refractivity contribution in [3.8, 4) is 0 Å². The SMILES string of the molecule is CCN(CC(=O)Nc1c(C)cccc1C)c1nc(C(C)(C)C)ns1. The number of hydrogen-bond donors (Lipinski definition) is 1. The van der Waals surface area contributed by atoms with E-state index < -0.39 is 0 Å². The Morgan fingerprint density at radius 3 is 2.38 bits per heavy atom. The fourth-order valence-corrected chi connectivity index (χ4v) is 3.25. The first-order valence-electron chi connectivity index (χ1n) is 8.17. The highest BCUT2D eigenvalue weighted by Crippen LogP contribution is 2.25. The third-order valence-corrected chi connectivity index (χ3v) is 4.60. The number of benzene rings is 1. The van der Waals surface area contributed by atoms with Gasteiger partial charge in [-0.3, -0.25) is 4.79 Å². The third-order valence-electron chi connectivity index (χ3n) is 3.82. The maximum Gasteiger partial charge on any atom is 0.243 e. The van der Waals surface area contributed by atoms with Crippen LogP contribution in [0.4, 0.5) is 10.8 Å². The van der Waals surface area contributed by atoms with Gasteiger partial charge >= 0.3 is 0 Å². The maximum absolute atomic E-state index is 12.5. The van der Waals surface area contributed by atoms with Crippen LogP contribution < -0.4 is 10.2 Å². The van der Waals surface area contributed by atoms with Gasteiger partial charge in [0.2, 0.25) is 11.0 Å². The van der Waals surface area contributed by atoms with E-state index in [4.69, 9.17) is 0 Å². The molecule has 0 aliphatic rings. The molecule has 0 aliphatic heterocycles.